The summed E-state index contributed by atoms with van der Waals surface area (Å²) in [5.74, 6) is 1.55. The average molecular weight is 531 g/mol. The molecule has 1 aliphatic heterocycles. The maximum absolute atomic E-state index is 12.5. The van der Waals surface area contributed by atoms with Gasteiger partial charge in [0, 0.05) is 11.6 Å². The molecule has 1 aliphatic rings. The lowest BCUT2D eigenvalue weighted by atomic mass is 9.83. The predicted octanol–water partition coefficient (Wildman–Crippen LogP) is 5.09. The molecular formula is C30H30N2O7. The lowest BCUT2D eigenvalue weighted by molar-refractivity contribution is -0.136. The van der Waals surface area contributed by atoms with Gasteiger partial charge in [-0.1, -0.05) is 37.6 Å². The van der Waals surface area contributed by atoms with Crippen molar-refractivity contribution in [3.8, 4) is 40.6 Å². The van der Waals surface area contributed by atoms with Crippen molar-refractivity contribution < 1.29 is 33.2 Å². The van der Waals surface area contributed by atoms with E-state index in [9.17, 15) is 10.1 Å². The molecule has 9 nitrogen and oxygen atoms in total. The van der Waals surface area contributed by atoms with Crippen molar-refractivity contribution >= 4 is 5.97 Å². The molecule has 1 atom stereocenters. The molecule has 202 valence electrons. The molecule has 0 bridgehead atoms. The fourth-order valence-electron chi connectivity index (χ4n) is 4.19. The van der Waals surface area contributed by atoms with Gasteiger partial charge in [0.25, 0.3) is 0 Å². The number of esters is 1. The van der Waals surface area contributed by atoms with Gasteiger partial charge in [-0.15, -0.1) is 0 Å². The minimum absolute atomic E-state index is 0.0276. The normalized spacial score (nSPS) is 13.9. The fourth-order valence-corrected chi connectivity index (χ4v) is 4.19. The number of fused-ring (bicyclic) bond motifs is 1. The van der Waals surface area contributed by atoms with E-state index in [2.05, 4.69) is 13.0 Å². The highest BCUT2D eigenvalue weighted by Gasteiger charge is 2.32. The summed E-state index contributed by atoms with van der Waals surface area (Å²) < 4.78 is 33.4. The Hall–Kier alpha value is -4.84. The Bertz CT molecular complexity index is 1410. The van der Waals surface area contributed by atoms with E-state index in [0.29, 0.717) is 40.9 Å². The van der Waals surface area contributed by atoms with Gasteiger partial charge in [0.05, 0.1) is 26.7 Å². The Balaban J connectivity index is 1.56. The molecule has 1 unspecified atom stereocenters. The van der Waals surface area contributed by atoms with Gasteiger partial charge in [-0.05, 0) is 42.3 Å². The zero-order valence-corrected chi connectivity index (χ0v) is 22.1. The molecular weight excluding hydrogens is 500 g/mol. The van der Waals surface area contributed by atoms with Crippen molar-refractivity contribution in [1.82, 2.24) is 0 Å². The van der Waals surface area contributed by atoms with Crippen molar-refractivity contribution in [3.63, 3.8) is 0 Å². The molecule has 0 saturated heterocycles. The second kappa shape index (κ2) is 12.6. The van der Waals surface area contributed by atoms with E-state index in [1.54, 1.807) is 49.6 Å². The Labute approximate surface area is 227 Å². The number of benzene rings is 3. The quantitative estimate of drug-likeness (QED) is 0.205. The van der Waals surface area contributed by atoms with Crippen LogP contribution in [0.4, 0.5) is 0 Å². The van der Waals surface area contributed by atoms with E-state index < -0.39 is 11.9 Å². The van der Waals surface area contributed by atoms with Crippen LogP contribution in [0.1, 0.15) is 36.8 Å². The highest BCUT2D eigenvalue weighted by atomic mass is 16.6. The van der Waals surface area contributed by atoms with Gasteiger partial charge in [0.2, 0.25) is 5.88 Å². The van der Waals surface area contributed by atoms with Gasteiger partial charge < -0.3 is 34.2 Å². The van der Waals surface area contributed by atoms with Crippen molar-refractivity contribution in [2.45, 2.75) is 25.7 Å². The van der Waals surface area contributed by atoms with Crippen LogP contribution in [0.15, 0.2) is 72.1 Å². The molecule has 1 heterocycles. The minimum Gasteiger partial charge on any atom is -0.493 e. The lowest BCUT2D eigenvalue weighted by Gasteiger charge is -2.27. The number of rotatable bonds is 11. The number of hydrogen-bond donors (Lipinski definition) is 1. The molecule has 3 aromatic carbocycles. The lowest BCUT2D eigenvalue weighted by Crippen LogP contribution is -2.22. The van der Waals surface area contributed by atoms with Crippen molar-refractivity contribution in [3.05, 3.63) is 83.2 Å². The fraction of sp³-hybridized carbons (Fsp3) is 0.267. The van der Waals surface area contributed by atoms with Crippen molar-refractivity contribution in [1.29, 1.82) is 5.26 Å². The zero-order chi connectivity index (χ0) is 27.8. The summed E-state index contributed by atoms with van der Waals surface area (Å²) in [7, 11) is 3.09. The number of carbonyl (C=O) groups is 1. The molecule has 0 saturated carbocycles. The maximum atomic E-state index is 12.5. The van der Waals surface area contributed by atoms with E-state index in [0.717, 1.165) is 18.4 Å². The van der Waals surface area contributed by atoms with Crippen LogP contribution in [0, 0.1) is 11.3 Å². The molecule has 0 amide bonds. The Kier molecular flexibility index (Phi) is 8.79. The number of allylic oxidation sites excluding steroid dienone is 1. The topological polar surface area (TPSA) is 122 Å². The van der Waals surface area contributed by atoms with Crippen molar-refractivity contribution in [2.75, 3.05) is 27.4 Å². The highest BCUT2D eigenvalue weighted by molar-refractivity contribution is 5.74. The highest BCUT2D eigenvalue weighted by Crippen LogP contribution is 2.45. The van der Waals surface area contributed by atoms with Crippen molar-refractivity contribution in [2.24, 2.45) is 5.73 Å². The number of para-hydroxylation sites is 2. The summed E-state index contributed by atoms with van der Waals surface area (Å²) in [5, 5.41) is 9.89. The third-order valence-corrected chi connectivity index (χ3v) is 6.11. The third-order valence-electron chi connectivity index (χ3n) is 6.11. The summed E-state index contributed by atoms with van der Waals surface area (Å²) >= 11 is 0. The molecule has 2 N–H and O–H groups in total. The second-order valence-electron chi connectivity index (χ2n) is 8.65. The van der Waals surface area contributed by atoms with Gasteiger partial charge >= 0.3 is 5.97 Å². The summed E-state index contributed by atoms with van der Waals surface area (Å²) in [5.41, 5.74) is 7.87. The van der Waals surface area contributed by atoms with Crippen LogP contribution in [-0.4, -0.2) is 33.4 Å². The Morgan fingerprint density at radius 1 is 0.974 bits per heavy atom. The third kappa shape index (κ3) is 6.18. The van der Waals surface area contributed by atoms with E-state index in [1.807, 2.05) is 18.2 Å². The number of methoxy groups -OCH3 is 2. The van der Waals surface area contributed by atoms with Crippen LogP contribution < -0.4 is 34.2 Å². The van der Waals surface area contributed by atoms with Crippen LogP contribution in [0.2, 0.25) is 0 Å². The van der Waals surface area contributed by atoms with E-state index >= 15 is 0 Å². The molecule has 0 aromatic heterocycles. The van der Waals surface area contributed by atoms with Crippen LogP contribution in [0.5, 0.6) is 34.5 Å². The molecule has 9 heteroatoms. The van der Waals surface area contributed by atoms with Gasteiger partial charge in [0.15, 0.2) is 29.6 Å². The largest absolute Gasteiger partial charge is 0.493 e. The number of unbranched alkanes of at least 4 members (excludes halogenated alkanes) is 1. The molecule has 3 aromatic rings. The standard InChI is InChI=1S/C30H30N2O7/c1-4-5-14-36-25-13-10-19(15-27(25)35-3)29-21-12-11-20(16-26(21)39-30(32)22(29)17-31)38-28(33)18-37-24-9-7-6-8-23(24)34-2/h6-13,15-16,29H,4-5,14,18,32H2,1-3H3. The first-order valence-electron chi connectivity index (χ1n) is 12.5. The summed E-state index contributed by atoms with van der Waals surface area (Å²) in [4.78, 5) is 12.5. The maximum Gasteiger partial charge on any atom is 0.349 e. The average Bonchev–Trinajstić information content (AvgIpc) is 2.95. The number of ether oxygens (including phenoxy) is 6. The first kappa shape index (κ1) is 27.2. The molecule has 39 heavy (non-hydrogen) atoms. The van der Waals surface area contributed by atoms with Crippen LogP contribution in [0.25, 0.3) is 0 Å². The SMILES string of the molecule is CCCCOc1ccc(C2C(C#N)=C(N)Oc3cc(OC(=O)COc4ccccc4OC)ccc32)cc1OC. The molecule has 4 rings (SSSR count). The Morgan fingerprint density at radius 2 is 1.72 bits per heavy atom. The first-order valence-corrected chi connectivity index (χ1v) is 12.5. The molecule has 0 fully saturated rings. The number of hydrogen-bond acceptors (Lipinski definition) is 9. The van der Waals surface area contributed by atoms with Crippen LogP contribution >= 0.6 is 0 Å². The number of carbonyl (C=O) groups excluding carboxylic acids is 1. The minimum atomic E-state index is -0.613. The van der Waals surface area contributed by atoms with E-state index in [1.165, 1.54) is 7.11 Å². The Morgan fingerprint density at radius 3 is 2.44 bits per heavy atom. The molecule has 0 radical (unpaired) electrons. The van der Waals surface area contributed by atoms with Gasteiger partial charge in [-0.3, -0.25) is 0 Å². The zero-order valence-electron chi connectivity index (χ0n) is 22.1. The number of nitriles is 1. The van der Waals surface area contributed by atoms with Gasteiger partial charge in [0.1, 0.15) is 23.1 Å². The summed E-state index contributed by atoms with van der Waals surface area (Å²) in [6.45, 7) is 2.34. The second-order valence-corrected chi connectivity index (χ2v) is 8.65. The molecule has 0 spiro atoms. The summed E-state index contributed by atoms with van der Waals surface area (Å²) in [6.07, 6.45) is 1.94. The summed E-state index contributed by atoms with van der Waals surface area (Å²) in [6, 6.07) is 19.6. The first-order chi connectivity index (χ1) is 19.0. The van der Waals surface area contributed by atoms with E-state index in [-0.39, 0.29) is 23.8 Å². The number of nitrogens with two attached hydrogens (primary N) is 1. The van der Waals surface area contributed by atoms with Gasteiger partial charge in [-0.2, -0.15) is 5.26 Å². The van der Waals surface area contributed by atoms with Crippen LogP contribution in [-0.2, 0) is 4.79 Å². The predicted molar refractivity (Wildman–Crippen MR) is 143 cm³/mol. The monoisotopic (exact) mass is 530 g/mol. The molecule has 0 aliphatic carbocycles. The van der Waals surface area contributed by atoms with E-state index in [4.69, 9.17) is 34.2 Å². The van der Waals surface area contributed by atoms with Gasteiger partial charge in [-0.25, -0.2) is 4.79 Å². The number of nitrogens with zero attached hydrogens (tertiary/aromatic N) is 1. The van der Waals surface area contributed by atoms with Crippen LogP contribution in [0.3, 0.4) is 0 Å². The smallest absolute Gasteiger partial charge is 0.349 e.